The highest BCUT2D eigenvalue weighted by molar-refractivity contribution is 7.89. The third-order valence-electron chi connectivity index (χ3n) is 2.58. The molecule has 8 heteroatoms. The number of sulfonamides is 1. The second-order valence-corrected chi connectivity index (χ2v) is 7.60. The highest BCUT2D eigenvalue weighted by Gasteiger charge is 2.22. The maximum Gasteiger partial charge on any atom is 0.350 e. The number of rotatable bonds is 6. The second kappa shape index (κ2) is 7.95. The summed E-state index contributed by atoms with van der Waals surface area (Å²) >= 11 is 0. The number of nitriles is 1. The molecule has 0 amide bonds. The predicted molar refractivity (Wildman–Crippen MR) is 90.5 cm³/mol. The highest BCUT2D eigenvalue weighted by Crippen LogP contribution is 2.17. The van der Waals surface area contributed by atoms with Crippen molar-refractivity contribution in [1.82, 2.24) is 4.72 Å². The summed E-state index contributed by atoms with van der Waals surface area (Å²) in [6, 6.07) is 7.77. The van der Waals surface area contributed by atoms with Crippen LogP contribution < -0.4 is 10.0 Å². The van der Waals surface area contributed by atoms with E-state index in [4.69, 9.17) is 10.00 Å². The van der Waals surface area contributed by atoms with Crippen molar-refractivity contribution in [2.45, 2.75) is 38.1 Å². The van der Waals surface area contributed by atoms with Crippen LogP contribution in [0.4, 0.5) is 5.69 Å². The van der Waals surface area contributed by atoms with Crippen molar-refractivity contribution in [2.24, 2.45) is 0 Å². The summed E-state index contributed by atoms with van der Waals surface area (Å²) in [4.78, 5) is 11.6. The van der Waals surface area contributed by atoms with Crippen molar-refractivity contribution in [2.75, 3.05) is 11.9 Å². The molecule has 0 atom stereocenters. The Kier molecular flexibility index (Phi) is 6.51. The SMILES string of the molecule is CCOC(=O)/C(C#N)=C/Nc1cccc(S(=O)(=O)NC(C)(C)C)c1. The minimum atomic E-state index is -3.68. The van der Waals surface area contributed by atoms with Gasteiger partial charge in [-0.15, -0.1) is 0 Å². The van der Waals surface area contributed by atoms with E-state index in [-0.39, 0.29) is 17.1 Å². The van der Waals surface area contributed by atoms with Gasteiger partial charge in [0.2, 0.25) is 10.0 Å². The molecule has 0 aliphatic rings. The molecule has 2 N–H and O–H groups in total. The molecule has 0 heterocycles. The lowest BCUT2D eigenvalue weighted by atomic mass is 10.1. The Hall–Kier alpha value is -2.37. The van der Waals surface area contributed by atoms with Crippen molar-refractivity contribution < 1.29 is 17.9 Å². The molecule has 0 aliphatic heterocycles. The van der Waals surface area contributed by atoms with Gasteiger partial charge in [0.15, 0.2) is 5.57 Å². The van der Waals surface area contributed by atoms with E-state index in [9.17, 15) is 13.2 Å². The van der Waals surface area contributed by atoms with E-state index in [1.165, 1.54) is 18.3 Å². The topological polar surface area (TPSA) is 108 Å². The Balaban J connectivity index is 3.02. The van der Waals surface area contributed by atoms with Gasteiger partial charge >= 0.3 is 5.97 Å². The number of hydrogen-bond donors (Lipinski definition) is 2. The first kappa shape index (κ1) is 19.7. The molecule has 130 valence electrons. The molecular weight excluding hydrogens is 330 g/mol. The molecule has 0 aliphatic carbocycles. The van der Waals surface area contributed by atoms with Gasteiger partial charge in [0, 0.05) is 17.4 Å². The zero-order chi connectivity index (χ0) is 18.4. The quantitative estimate of drug-likeness (QED) is 0.462. The number of hydrogen-bond acceptors (Lipinski definition) is 6. The number of carbonyl (C=O) groups is 1. The van der Waals surface area contributed by atoms with E-state index in [0.717, 1.165) is 0 Å². The maximum absolute atomic E-state index is 12.3. The molecule has 0 saturated carbocycles. The van der Waals surface area contributed by atoms with Gasteiger partial charge in [0.05, 0.1) is 11.5 Å². The zero-order valence-corrected chi connectivity index (χ0v) is 14.9. The molecule has 1 aromatic rings. The Morgan fingerprint density at radius 1 is 1.38 bits per heavy atom. The normalized spacial score (nSPS) is 12.4. The number of nitrogens with one attached hydrogen (secondary N) is 2. The molecule has 1 rings (SSSR count). The number of nitrogens with zero attached hydrogens (tertiary/aromatic N) is 1. The van der Waals surface area contributed by atoms with Crippen molar-refractivity contribution >= 4 is 21.7 Å². The van der Waals surface area contributed by atoms with Crippen molar-refractivity contribution in [1.29, 1.82) is 5.26 Å². The minimum Gasteiger partial charge on any atom is -0.462 e. The summed E-state index contributed by atoms with van der Waals surface area (Å²) in [5, 5.41) is 11.7. The van der Waals surface area contributed by atoms with Gasteiger partial charge in [-0.05, 0) is 45.9 Å². The minimum absolute atomic E-state index is 0.0745. The third kappa shape index (κ3) is 6.02. The van der Waals surface area contributed by atoms with E-state index in [1.807, 2.05) is 0 Å². The lowest BCUT2D eigenvalue weighted by Gasteiger charge is -2.20. The maximum atomic E-state index is 12.3. The first-order chi connectivity index (χ1) is 11.1. The summed E-state index contributed by atoms with van der Waals surface area (Å²) in [6.07, 6.45) is 1.18. The number of esters is 1. The smallest absolute Gasteiger partial charge is 0.350 e. The van der Waals surface area contributed by atoms with Gasteiger partial charge in [-0.3, -0.25) is 0 Å². The Morgan fingerprint density at radius 3 is 2.58 bits per heavy atom. The largest absolute Gasteiger partial charge is 0.462 e. The Labute approximate surface area is 142 Å². The van der Waals surface area contributed by atoms with Gasteiger partial charge in [0.1, 0.15) is 6.07 Å². The van der Waals surface area contributed by atoms with Crippen LogP contribution in [0.3, 0.4) is 0 Å². The van der Waals surface area contributed by atoms with Crippen LogP contribution in [0, 0.1) is 11.3 Å². The number of ether oxygens (including phenoxy) is 1. The Bertz CT molecular complexity index is 771. The fraction of sp³-hybridized carbons (Fsp3) is 0.375. The number of anilines is 1. The van der Waals surface area contributed by atoms with Gasteiger partial charge in [-0.25, -0.2) is 17.9 Å². The monoisotopic (exact) mass is 351 g/mol. The van der Waals surface area contributed by atoms with E-state index >= 15 is 0 Å². The molecule has 0 fully saturated rings. The average Bonchev–Trinajstić information content (AvgIpc) is 2.46. The number of benzene rings is 1. The third-order valence-corrected chi connectivity index (χ3v) is 4.34. The first-order valence-electron chi connectivity index (χ1n) is 7.27. The van der Waals surface area contributed by atoms with Crippen LogP contribution in [-0.4, -0.2) is 26.5 Å². The summed E-state index contributed by atoms with van der Waals surface area (Å²) < 4.78 is 31.9. The lowest BCUT2D eigenvalue weighted by molar-refractivity contribution is -0.138. The van der Waals surface area contributed by atoms with Gasteiger partial charge in [0.25, 0.3) is 0 Å². The predicted octanol–water partition coefficient (Wildman–Crippen LogP) is 2.15. The summed E-state index contributed by atoms with van der Waals surface area (Å²) in [5.74, 6) is -0.745. The zero-order valence-electron chi connectivity index (χ0n) is 14.1. The summed E-state index contributed by atoms with van der Waals surface area (Å²) in [7, 11) is -3.68. The first-order valence-corrected chi connectivity index (χ1v) is 8.75. The van der Waals surface area contributed by atoms with Crippen molar-refractivity contribution in [3.63, 3.8) is 0 Å². The molecule has 0 spiro atoms. The van der Waals surface area contributed by atoms with Gasteiger partial charge < -0.3 is 10.1 Å². The van der Waals surface area contributed by atoms with Gasteiger partial charge in [-0.2, -0.15) is 5.26 Å². The van der Waals surface area contributed by atoms with Crippen LogP contribution in [0.2, 0.25) is 0 Å². The van der Waals surface area contributed by atoms with E-state index in [2.05, 4.69) is 10.0 Å². The van der Waals surface area contributed by atoms with Crippen LogP contribution in [0.1, 0.15) is 27.7 Å². The molecule has 7 nitrogen and oxygen atoms in total. The van der Waals surface area contributed by atoms with Crippen LogP contribution in [-0.2, 0) is 19.6 Å². The molecule has 0 unspecified atom stereocenters. The second-order valence-electron chi connectivity index (χ2n) is 5.92. The fourth-order valence-electron chi connectivity index (χ4n) is 1.72. The van der Waals surface area contributed by atoms with Crippen LogP contribution in [0.5, 0.6) is 0 Å². The summed E-state index contributed by atoms with van der Waals surface area (Å²) in [5.41, 5.74) is -0.401. The van der Waals surface area contributed by atoms with Crippen LogP contribution in [0.25, 0.3) is 0 Å². The fourth-order valence-corrected chi connectivity index (χ4v) is 3.18. The summed E-state index contributed by atoms with van der Waals surface area (Å²) in [6.45, 7) is 7.02. The molecular formula is C16H21N3O4S. The van der Waals surface area contributed by atoms with Crippen LogP contribution >= 0.6 is 0 Å². The van der Waals surface area contributed by atoms with E-state index < -0.39 is 21.5 Å². The molecule has 0 saturated heterocycles. The standard InChI is InChI=1S/C16H21N3O4S/c1-5-23-15(20)12(10-17)11-18-13-7-6-8-14(9-13)24(21,22)19-16(2,3)4/h6-9,11,18-19H,5H2,1-4H3/b12-11+. The van der Waals surface area contributed by atoms with Gasteiger partial charge in [-0.1, -0.05) is 6.07 Å². The lowest BCUT2D eigenvalue weighted by Crippen LogP contribution is -2.40. The molecule has 1 aromatic carbocycles. The van der Waals surface area contributed by atoms with Crippen molar-refractivity contribution in [3.05, 3.63) is 36.0 Å². The molecule has 0 bridgehead atoms. The van der Waals surface area contributed by atoms with E-state index in [1.54, 1.807) is 45.9 Å². The van der Waals surface area contributed by atoms with Crippen molar-refractivity contribution in [3.8, 4) is 6.07 Å². The average molecular weight is 351 g/mol. The Morgan fingerprint density at radius 2 is 2.04 bits per heavy atom. The molecule has 0 radical (unpaired) electrons. The molecule has 24 heavy (non-hydrogen) atoms. The van der Waals surface area contributed by atoms with E-state index in [0.29, 0.717) is 5.69 Å². The molecule has 0 aromatic heterocycles. The van der Waals surface area contributed by atoms with Crippen LogP contribution in [0.15, 0.2) is 40.9 Å². The number of carbonyl (C=O) groups excluding carboxylic acids is 1. The highest BCUT2D eigenvalue weighted by atomic mass is 32.2.